The van der Waals surface area contributed by atoms with E-state index in [1.807, 2.05) is 0 Å². The van der Waals surface area contributed by atoms with Crippen molar-refractivity contribution in [3.8, 4) is 0 Å². The van der Waals surface area contributed by atoms with E-state index in [1.165, 1.54) is 51.9 Å². The van der Waals surface area contributed by atoms with Crippen LogP contribution in [-0.2, 0) is 0 Å². The van der Waals surface area contributed by atoms with Crippen LogP contribution in [0.2, 0.25) is 0 Å². The van der Waals surface area contributed by atoms with Crippen LogP contribution in [0.1, 0.15) is 66.7 Å². The monoisotopic (exact) mass is 353 g/mol. The molecule has 1 saturated heterocycles. The van der Waals surface area contributed by atoms with E-state index in [9.17, 15) is 0 Å². The molecule has 0 atom stereocenters. The van der Waals surface area contributed by atoms with Crippen LogP contribution in [0.15, 0.2) is 4.99 Å². The number of nitrogens with zero attached hydrogens (tertiary/aromatic N) is 3. The van der Waals surface area contributed by atoms with Gasteiger partial charge >= 0.3 is 0 Å². The van der Waals surface area contributed by atoms with Crippen LogP contribution in [-0.4, -0.2) is 73.7 Å². The predicted octanol–water partition coefficient (Wildman–Crippen LogP) is 2.93. The lowest BCUT2D eigenvalue weighted by Gasteiger charge is -2.35. The van der Waals surface area contributed by atoms with Crippen molar-refractivity contribution in [2.24, 2.45) is 4.99 Å². The van der Waals surface area contributed by atoms with Crippen molar-refractivity contribution >= 4 is 5.96 Å². The summed E-state index contributed by atoms with van der Waals surface area (Å²) in [4.78, 5) is 9.94. The van der Waals surface area contributed by atoms with Crippen LogP contribution in [0.25, 0.3) is 0 Å². The van der Waals surface area contributed by atoms with Gasteiger partial charge in [-0.3, -0.25) is 4.99 Å². The van der Waals surface area contributed by atoms with Gasteiger partial charge in [0.15, 0.2) is 5.96 Å². The van der Waals surface area contributed by atoms with E-state index < -0.39 is 0 Å². The SMILES string of the molecule is CCCN(CCC)CCCN=C(NCC)NC1CCN(C(C)C)CC1. The lowest BCUT2D eigenvalue weighted by Crippen LogP contribution is -2.49. The number of piperidine rings is 1. The molecule has 1 aliphatic rings. The van der Waals surface area contributed by atoms with Crippen LogP contribution in [0, 0.1) is 0 Å². The Morgan fingerprint density at radius 3 is 2.24 bits per heavy atom. The van der Waals surface area contributed by atoms with Gasteiger partial charge in [0.05, 0.1) is 0 Å². The van der Waals surface area contributed by atoms with E-state index in [2.05, 4.69) is 55.1 Å². The fourth-order valence-corrected chi connectivity index (χ4v) is 3.53. The molecule has 1 fully saturated rings. The predicted molar refractivity (Wildman–Crippen MR) is 110 cm³/mol. The molecule has 1 rings (SSSR count). The van der Waals surface area contributed by atoms with E-state index in [0.717, 1.165) is 32.0 Å². The Labute approximate surface area is 156 Å². The standard InChI is InChI=1S/C20H43N5/c1-6-13-24(14-7-2)15-9-12-22-20(21-8-3)23-19-10-16-25(17-11-19)18(4)5/h18-19H,6-17H2,1-5H3,(H2,21,22,23). The summed E-state index contributed by atoms with van der Waals surface area (Å²) in [5, 5.41) is 7.07. The van der Waals surface area contributed by atoms with Gasteiger partial charge in [0.1, 0.15) is 0 Å². The molecule has 5 heteroatoms. The number of hydrogen-bond donors (Lipinski definition) is 2. The third kappa shape index (κ3) is 9.45. The highest BCUT2D eigenvalue weighted by Gasteiger charge is 2.21. The maximum atomic E-state index is 4.81. The first kappa shape index (κ1) is 22.2. The topological polar surface area (TPSA) is 42.9 Å². The summed E-state index contributed by atoms with van der Waals surface area (Å²) >= 11 is 0. The Morgan fingerprint density at radius 2 is 1.72 bits per heavy atom. The maximum absolute atomic E-state index is 4.81. The number of aliphatic imine (C=N–C) groups is 1. The molecule has 0 bridgehead atoms. The molecule has 148 valence electrons. The fourth-order valence-electron chi connectivity index (χ4n) is 3.53. The zero-order valence-electron chi connectivity index (χ0n) is 17.5. The Bertz CT molecular complexity index is 342. The van der Waals surface area contributed by atoms with E-state index in [0.29, 0.717) is 12.1 Å². The number of hydrogen-bond acceptors (Lipinski definition) is 3. The molecular formula is C20H43N5. The number of guanidine groups is 1. The average Bonchev–Trinajstić information content (AvgIpc) is 2.59. The van der Waals surface area contributed by atoms with Gasteiger partial charge in [0, 0.05) is 38.3 Å². The van der Waals surface area contributed by atoms with Gasteiger partial charge in [-0.25, -0.2) is 0 Å². The van der Waals surface area contributed by atoms with Crippen LogP contribution >= 0.6 is 0 Å². The smallest absolute Gasteiger partial charge is 0.191 e. The van der Waals surface area contributed by atoms with Gasteiger partial charge in [-0.2, -0.15) is 0 Å². The molecule has 2 N–H and O–H groups in total. The molecule has 0 aromatic carbocycles. The zero-order chi connectivity index (χ0) is 18.5. The van der Waals surface area contributed by atoms with Crippen molar-refractivity contribution in [2.45, 2.75) is 78.8 Å². The minimum Gasteiger partial charge on any atom is -0.357 e. The number of nitrogens with one attached hydrogen (secondary N) is 2. The second-order valence-corrected chi connectivity index (χ2v) is 7.50. The van der Waals surface area contributed by atoms with Crippen LogP contribution < -0.4 is 10.6 Å². The largest absolute Gasteiger partial charge is 0.357 e. The lowest BCUT2D eigenvalue weighted by atomic mass is 10.0. The Kier molecular flexibility index (Phi) is 11.9. The summed E-state index contributed by atoms with van der Waals surface area (Å²) in [5.74, 6) is 1.00. The highest BCUT2D eigenvalue weighted by atomic mass is 15.2. The quantitative estimate of drug-likeness (QED) is 0.340. The summed E-state index contributed by atoms with van der Waals surface area (Å²) in [7, 11) is 0. The molecule has 0 aromatic heterocycles. The second-order valence-electron chi connectivity index (χ2n) is 7.50. The summed E-state index contributed by atoms with van der Waals surface area (Å²) in [6, 6.07) is 1.22. The summed E-state index contributed by atoms with van der Waals surface area (Å²) < 4.78 is 0. The molecule has 25 heavy (non-hydrogen) atoms. The molecule has 1 aliphatic heterocycles. The number of rotatable bonds is 11. The lowest BCUT2D eigenvalue weighted by molar-refractivity contribution is 0.167. The van der Waals surface area contributed by atoms with Gasteiger partial charge in [-0.1, -0.05) is 13.8 Å². The maximum Gasteiger partial charge on any atom is 0.191 e. The first-order valence-electron chi connectivity index (χ1n) is 10.6. The van der Waals surface area contributed by atoms with Crippen molar-refractivity contribution in [1.82, 2.24) is 20.4 Å². The minimum atomic E-state index is 0.560. The summed E-state index contributed by atoms with van der Waals surface area (Å²) in [5.41, 5.74) is 0. The molecule has 0 amide bonds. The van der Waals surface area contributed by atoms with Gasteiger partial charge in [0.2, 0.25) is 0 Å². The third-order valence-corrected chi connectivity index (χ3v) is 4.93. The van der Waals surface area contributed by atoms with E-state index in [4.69, 9.17) is 4.99 Å². The van der Waals surface area contributed by atoms with Crippen molar-refractivity contribution in [3.63, 3.8) is 0 Å². The van der Waals surface area contributed by atoms with E-state index >= 15 is 0 Å². The molecule has 0 aliphatic carbocycles. The zero-order valence-corrected chi connectivity index (χ0v) is 17.5. The van der Waals surface area contributed by atoms with Crippen molar-refractivity contribution in [3.05, 3.63) is 0 Å². The van der Waals surface area contributed by atoms with Crippen LogP contribution in [0.4, 0.5) is 0 Å². The minimum absolute atomic E-state index is 0.560. The van der Waals surface area contributed by atoms with Crippen LogP contribution in [0.5, 0.6) is 0 Å². The van der Waals surface area contributed by atoms with E-state index in [1.54, 1.807) is 0 Å². The molecular weight excluding hydrogens is 310 g/mol. The van der Waals surface area contributed by atoms with Gasteiger partial charge in [0.25, 0.3) is 0 Å². The van der Waals surface area contributed by atoms with E-state index in [-0.39, 0.29) is 0 Å². The van der Waals surface area contributed by atoms with Crippen molar-refractivity contribution in [1.29, 1.82) is 0 Å². The highest BCUT2D eigenvalue weighted by molar-refractivity contribution is 5.80. The molecule has 0 spiro atoms. The van der Waals surface area contributed by atoms with Gasteiger partial charge in [-0.15, -0.1) is 0 Å². The molecule has 1 heterocycles. The Morgan fingerprint density at radius 1 is 1.08 bits per heavy atom. The van der Waals surface area contributed by atoms with Crippen molar-refractivity contribution in [2.75, 3.05) is 45.8 Å². The summed E-state index contributed by atoms with van der Waals surface area (Å²) in [6.45, 7) is 19.1. The molecule has 0 aromatic rings. The first-order chi connectivity index (χ1) is 12.1. The van der Waals surface area contributed by atoms with Crippen LogP contribution in [0.3, 0.4) is 0 Å². The third-order valence-electron chi connectivity index (χ3n) is 4.93. The first-order valence-corrected chi connectivity index (χ1v) is 10.6. The molecule has 0 radical (unpaired) electrons. The van der Waals surface area contributed by atoms with Crippen molar-refractivity contribution < 1.29 is 0 Å². The molecule has 5 nitrogen and oxygen atoms in total. The fraction of sp³-hybridized carbons (Fsp3) is 0.950. The number of likely N-dealkylation sites (tertiary alicyclic amines) is 1. The van der Waals surface area contributed by atoms with Gasteiger partial charge < -0.3 is 20.4 Å². The average molecular weight is 354 g/mol. The molecule has 0 unspecified atom stereocenters. The Balaban J connectivity index is 2.36. The molecule has 0 saturated carbocycles. The second kappa shape index (κ2) is 13.4. The highest BCUT2D eigenvalue weighted by Crippen LogP contribution is 2.12. The van der Waals surface area contributed by atoms with Gasteiger partial charge in [-0.05, 0) is 72.5 Å². The normalized spacial score (nSPS) is 17.5. The summed E-state index contributed by atoms with van der Waals surface area (Å²) in [6.07, 6.45) is 6.04. The Hall–Kier alpha value is -0.810.